The van der Waals surface area contributed by atoms with E-state index in [9.17, 15) is 14.0 Å². The Kier molecular flexibility index (Phi) is 5.95. The van der Waals surface area contributed by atoms with Crippen molar-refractivity contribution in [3.8, 4) is 28.6 Å². The lowest BCUT2D eigenvalue weighted by Gasteiger charge is -2.38. The van der Waals surface area contributed by atoms with Crippen molar-refractivity contribution in [3.05, 3.63) is 59.9 Å². The van der Waals surface area contributed by atoms with Gasteiger partial charge in [0, 0.05) is 49.2 Å². The van der Waals surface area contributed by atoms with Crippen molar-refractivity contribution in [1.29, 1.82) is 5.26 Å². The Morgan fingerprint density at radius 3 is 2.67 bits per heavy atom. The van der Waals surface area contributed by atoms with Gasteiger partial charge in [-0.25, -0.2) is 27.8 Å². The molecule has 1 aliphatic heterocycles. The molecule has 0 aliphatic carbocycles. The van der Waals surface area contributed by atoms with E-state index in [2.05, 4.69) is 15.3 Å². The lowest BCUT2D eigenvalue weighted by atomic mass is 10.0. The summed E-state index contributed by atoms with van der Waals surface area (Å²) >= 11 is 0. The standard InChI is InChI=1S/C27H24F3N9/c1-36(2)18-9-17(28)13-38(14-18)26-27-33-24(15-4-5-16(12-31)20(29)8-15)25(39(27)7-6-32-26)19-10-22-23(11-21(19)30)37(3)35-34-22/h4-8,10-11,17-18H,9,13-14H2,1-3H3/t17-,18+/m0/s1. The minimum Gasteiger partial charge on any atom is -0.349 e. The first kappa shape index (κ1) is 24.8. The van der Waals surface area contributed by atoms with Crippen molar-refractivity contribution in [2.75, 3.05) is 32.1 Å². The van der Waals surface area contributed by atoms with Gasteiger partial charge in [0.05, 0.1) is 29.0 Å². The molecule has 1 aliphatic rings. The Morgan fingerprint density at radius 2 is 1.92 bits per heavy atom. The van der Waals surface area contributed by atoms with E-state index in [1.54, 1.807) is 36.0 Å². The number of halogens is 3. The minimum atomic E-state index is -1.06. The van der Waals surface area contributed by atoms with Gasteiger partial charge in [0.2, 0.25) is 0 Å². The van der Waals surface area contributed by atoms with Crippen molar-refractivity contribution >= 4 is 22.5 Å². The van der Waals surface area contributed by atoms with Crippen LogP contribution < -0.4 is 4.90 Å². The Balaban J connectivity index is 1.61. The van der Waals surface area contributed by atoms with E-state index < -0.39 is 17.8 Å². The number of nitrogens with zero attached hydrogens (tertiary/aromatic N) is 9. The third kappa shape index (κ3) is 4.15. The first-order valence-electron chi connectivity index (χ1n) is 12.4. The third-order valence-electron chi connectivity index (χ3n) is 7.25. The molecule has 0 spiro atoms. The zero-order chi connectivity index (χ0) is 27.4. The summed E-state index contributed by atoms with van der Waals surface area (Å²) in [7, 11) is 5.49. The molecular formula is C27H24F3N9. The molecule has 1 saturated heterocycles. The Hall–Kier alpha value is -4.50. The van der Waals surface area contributed by atoms with Crippen molar-refractivity contribution < 1.29 is 13.2 Å². The number of imidazole rings is 1. The molecule has 0 bridgehead atoms. The lowest BCUT2D eigenvalue weighted by Crippen LogP contribution is -2.50. The molecule has 0 radical (unpaired) electrons. The van der Waals surface area contributed by atoms with Crippen molar-refractivity contribution in [2.24, 2.45) is 7.05 Å². The number of nitriles is 1. The summed E-state index contributed by atoms with van der Waals surface area (Å²) in [6.45, 7) is 0.670. The summed E-state index contributed by atoms with van der Waals surface area (Å²) in [4.78, 5) is 13.2. The van der Waals surface area contributed by atoms with Crippen LogP contribution in [0, 0.1) is 23.0 Å². The molecule has 39 heavy (non-hydrogen) atoms. The molecule has 5 aromatic rings. The van der Waals surface area contributed by atoms with Crippen LogP contribution in [0.2, 0.25) is 0 Å². The van der Waals surface area contributed by atoms with E-state index >= 15 is 4.39 Å². The highest BCUT2D eigenvalue weighted by atomic mass is 19.1. The average Bonchev–Trinajstić information content (AvgIpc) is 3.48. The van der Waals surface area contributed by atoms with Crippen LogP contribution >= 0.6 is 0 Å². The first-order chi connectivity index (χ1) is 18.7. The summed E-state index contributed by atoms with van der Waals surface area (Å²) in [5.74, 6) is -0.821. The second-order valence-electron chi connectivity index (χ2n) is 9.95. The molecule has 198 valence electrons. The molecule has 3 aromatic heterocycles. The van der Waals surface area contributed by atoms with Gasteiger partial charge in [0.25, 0.3) is 0 Å². The minimum absolute atomic E-state index is 0.0335. The number of anilines is 1. The predicted octanol–water partition coefficient (Wildman–Crippen LogP) is 3.97. The zero-order valence-electron chi connectivity index (χ0n) is 21.5. The number of aromatic nitrogens is 6. The lowest BCUT2D eigenvalue weighted by molar-refractivity contribution is 0.182. The third-order valence-corrected chi connectivity index (χ3v) is 7.25. The van der Waals surface area contributed by atoms with Crippen LogP contribution in [0.25, 0.3) is 39.2 Å². The van der Waals surface area contributed by atoms with Gasteiger partial charge in [-0.2, -0.15) is 5.26 Å². The van der Waals surface area contributed by atoms with Crippen molar-refractivity contribution in [2.45, 2.75) is 18.6 Å². The van der Waals surface area contributed by atoms with E-state index in [1.165, 1.54) is 22.9 Å². The van der Waals surface area contributed by atoms with Crippen LogP contribution in [-0.4, -0.2) is 73.7 Å². The number of fused-ring (bicyclic) bond motifs is 2. The number of likely N-dealkylation sites (N-methyl/N-ethyl adjacent to an activating group) is 1. The number of benzene rings is 2. The number of hydrogen-bond acceptors (Lipinski definition) is 7. The van der Waals surface area contributed by atoms with Crippen molar-refractivity contribution in [1.82, 2.24) is 34.3 Å². The van der Waals surface area contributed by atoms with E-state index in [0.29, 0.717) is 46.7 Å². The van der Waals surface area contributed by atoms with E-state index in [1.807, 2.05) is 30.0 Å². The normalized spacial score (nSPS) is 17.8. The summed E-state index contributed by atoms with van der Waals surface area (Å²) in [5.41, 5.74) is 2.40. The van der Waals surface area contributed by atoms with Gasteiger partial charge in [0.15, 0.2) is 11.5 Å². The van der Waals surface area contributed by atoms with Gasteiger partial charge in [-0.05, 0) is 38.7 Å². The van der Waals surface area contributed by atoms with Gasteiger partial charge < -0.3 is 9.80 Å². The number of aryl methyl sites for hydroxylation is 1. The topological polar surface area (TPSA) is 91.2 Å². The van der Waals surface area contributed by atoms with Gasteiger partial charge in [-0.15, -0.1) is 5.10 Å². The van der Waals surface area contributed by atoms with Crippen LogP contribution in [0.1, 0.15) is 12.0 Å². The molecule has 12 heteroatoms. The molecule has 2 aromatic carbocycles. The molecule has 2 atom stereocenters. The maximum absolute atomic E-state index is 15.7. The maximum atomic E-state index is 15.7. The summed E-state index contributed by atoms with van der Waals surface area (Å²) in [6, 6.07) is 8.83. The second-order valence-corrected chi connectivity index (χ2v) is 9.95. The van der Waals surface area contributed by atoms with Crippen LogP contribution in [-0.2, 0) is 7.05 Å². The van der Waals surface area contributed by atoms with Gasteiger partial charge in [0.1, 0.15) is 29.4 Å². The van der Waals surface area contributed by atoms with E-state index in [-0.39, 0.29) is 29.4 Å². The summed E-state index contributed by atoms with van der Waals surface area (Å²) in [5, 5.41) is 17.3. The van der Waals surface area contributed by atoms with E-state index in [0.717, 1.165) is 0 Å². The first-order valence-corrected chi connectivity index (χ1v) is 12.4. The largest absolute Gasteiger partial charge is 0.349 e. The molecule has 0 unspecified atom stereocenters. The summed E-state index contributed by atoms with van der Waals surface area (Å²) < 4.78 is 48.4. The SMILES string of the molecule is CN(C)[C@@H]1C[C@H](F)CN(c2nccn3c(-c4cc5nnn(C)c5cc4F)c(-c4ccc(C#N)c(F)c4)nc23)C1. The van der Waals surface area contributed by atoms with Crippen LogP contribution in [0.3, 0.4) is 0 Å². The predicted molar refractivity (Wildman–Crippen MR) is 140 cm³/mol. The fourth-order valence-corrected chi connectivity index (χ4v) is 5.19. The average molecular weight is 532 g/mol. The molecule has 9 nitrogen and oxygen atoms in total. The fraction of sp³-hybridized carbons (Fsp3) is 0.296. The molecule has 0 saturated carbocycles. The Labute approximate surface area is 221 Å². The van der Waals surface area contributed by atoms with Crippen LogP contribution in [0.4, 0.5) is 19.0 Å². The van der Waals surface area contributed by atoms with Crippen LogP contribution in [0.15, 0.2) is 42.7 Å². The number of hydrogen-bond donors (Lipinski definition) is 0. The van der Waals surface area contributed by atoms with Gasteiger partial charge in [-0.1, -0.05) is 11.3 Å². The summed E-state index contributed by atoms with van der Waals surface area (Å²) in [6.07, 6.45) is 2.55. The van der Waals surface area contributed by atoms with E-state index in [4.69, 9.17) is 4.98 Å². The van der Waals surface area contributed by atoms with Crippen LogP contribution in [0.5, 0.6) is 0 Å². The molecular weight excluding hydrogens is 507 g/mol. The quantitative estimate of drug-likeness (QED) is 0.347. The molecule has 1 fully saturated rings. The highest BCUT2D eigenvalue weighted by molar-refractivity contribution is 5.89. The fourth-order valence-electron chi connectivity index (χ4n) is 5.19. The monoisotopic (exact) mass is 531 g/mol. The Bertz CT molecular complexity index is 1770. The zero-order valence-corrected chi connectivity index (χ0v) is 21.5. The maximum Gasteiger partial charge on any atom is 0.181 e. The Morgan fingerprint density at radius 1 is 1.10 bits per heavy atom. The molecule has 6 rings (SSSR count). The number of piperidine rings is 1. The number of alkyl halides is 1. The number of rotatable bonds is 4. The van der Waals surface area contributed by atoms with Crippen molar-refractivity contribution in [3.63, 3.8) is 0 Å². The molecule has 0 amide bonds. The highest BCUT2D eigenvalue weighted by Crippen LogP contribution is 2.38. The molecule has 4 heterocycles. The smallest absolute Gasteiger partial charge is 0.181 e. The second kappa shape index (κ2) is 9.36. The van der Waals surface area contributed by atoms with Gasteiger partial charge in [-0.3, -0.25) is 4.40 Å². The van der Waals surface area contributed by atoms with Gasteiger partial charge >= 0.3 is 0 Å². The highest BCUT2D eigenvalue weighted by Gasteiger charge is 2.32. The molecule has 0 N–H and O–H groups in total.